The van der Waals surface area contributed by atoms with Crippen molar-refractivity contribution in [3.63, 3.8) is 0 Å². The molecule has 0 N–H and O–H groups in total. The van der Waals surface area contributed by atoms with Gasteiger partial charge in [-0.3, -0.25) is 0 Å². The van der Waals surface area contributed by atoms with Crippen LogP contribution in [0.4, 0.5) is 0 Å². The molecule has 0 aromatic carbocycles. The monoisotopic (exact) mass is 721 g/mol. The van der Waals surface area contributed by atoms with Gasteiger partial charge in [0.15, 0.2) is 0 Å². The van der Waals surface area contributed by atoms with Gasteiger partial charge in [-0.25, -0.2) is 0 Å². The lowest BCUT2D eigenvalue weighted by molar-refractivity contribution is 0.149. The number of hydrogen-bond acceptors (Lipinski definition) is 0. The summed E-state index contributed by atoms with van der Waals surface area (Å²) < 4.78 is 0. The highest BCUT2D eigenvalue weighted by Crippen LogP contribution is 2.41. The van der Waals surface area contributed by atoms with Crippen LogP contribution in [0, 0.1) is 38.9 Å². The highest BCUT2D eigenvalue weighted by atomic mass is 31.0. The predicted molar refractivity (Wildman–Crippen MR) is 247 cm³/mol. The summed E-state index contributed by atoms with van der Waals surface area (Å²) >= 11 is 0. The molecule has 0 aromatic rings. The molecule has 0 saturated heterocycles. The second kappa shape index (κ2) is 36.8. The van der Waals surface area contributed by atoms with E-state index >= 15 is 0 Å². The molecule has 0 radical (unpaired) electrons. The van der Waals surface area contributed by atoms with Gasteiger partial charge in [-0.2, -0.15) is 9.90 Å². The van der Waals surface area contributed by atoms with E-state index in [0.29, 0.717) is 27.1 Å². The Morgan fingerprint density at radius 2 is 0.878 bits per heavy atom. The zero-order valence-corrected chi connectivity index (χ0v) is 38.5. The van der Waals surface area contributed by atoms with E-state index in [1.54, 1.807) is 0 Å². The van der Waals surface area contributed by atoms with Gasteiger partial charge in [0.05, 0.1) is 0 Å². The molecule has 310 valence electrons. The third-order valence-electron chi connectivity index (χ3n) is 9.62. The Labute approximate surface area is 324 Å². The Morgan fingerprint density at radius 3 is 1.04 bits per heavy atom. The van der Waals surface area contributed by atoms with E-state index in [1.165, 1.54) is 116 Å². The van der Waals surface area contributed by atoms with E-state index in [0.717, 1.165) is 11.8 Å². The van der Waals surface area contributed by atoms with Crippen LogP contribution in [0.2, 0.25) is 0 Å². The minimum atomic E-state index is 0. The van der Waals surface area contributed by atoms with E-state index in [9.17, 15) is 0 Å². The first kappa shape index (κ1) is 67.5. The number of hydrogen-bond donors (Lipinski definition) is 0. The van der Waals surface area contributed by atoms with Crippen LogP contribution >= 0.6 is 9.90 Å². The van der Waals surface area contributed by atoms with Crippen LogP contribution in [0.15, 0.2) is 0 Å². The van der Waals surface area contributed by atoms with E-state index < -0.39 is 0 Å². The normalized spacial score (nSPS) is 13.4. The number of rotatable bonds is 11. The summed E-state index contributed by atoms with van der Waals surface area (Å²) in [5, 5.41) is 0. The molecule has 1 aliphatic rings. The molecule has 0 aliphatic heterocycles. The van der Waals surface area contributed by atoms with Crippen LogP contribution in [0.5, 0.6) is 0 Å². The maximum Gasteiger partial charge on any atom is -0.0300 e. The second-order valence-corrected chi connectivity index (χ2v) is 19.7. The summed E-state index contributed by atoms with van der Waals surface area (Å²) in [6.07, 6.45) is 25.0. The Kier molecular flexibility index (Phi) is 50.7. The third-order valence-corrected chi connectivity index (χ3v) is 9.62. The lowest BCUT2D eigenvalue weighted by atomic mass is 9.69. The summed E-state index contributed by atoms with van der Waals surface area (Å²) in [4.78, 5) is 0. The Morgan fingerprint density at radius 1 is 0.490 bits per heavy atom. The topological polar surface area (TPSA) is 0 Å². The molecule has 0 aromatic heterocycles. The van der Waals surface area contributed by atoms with Gasteiger partial charge in [-0.05, 0) is 64.6 Å². The maximum atomic E-state index is 2.36. The van der Waals surface area contributed by atoms with Crippen LogP contribution < -0.4 is 0 Å². The summed E-state index contributed by atoms with van der Waals surface area (Å²) in [5.74, 6) is 1.99. The SMILES string of the molecule is C.C.C.CC(C)(C)CC1CCCCC1.CCC(CC)(CC)CC(C)(C)C.CCC(CC)CC(C)(C)C.CCCC.CCCCC(C)(C)C.P. The lowest BCUT2D eigenvalue weighted by Crippen LogP contribution is -2.24. The van der Waals surface area contributed by atoms with Crippen molar-refractivity contribution in [3.8, 4) is 0 Å². The van der Waals surface area contributed by atoms with Crippen molar-refractivity contribution >= 4 is 9.90 Å². The fraction of sp³-hybridized carbons (Fsp3) is 1.00. The summed E-state index contributed by atoms with van der Waals surface area (Å²) in [5.41, 5.74) is 2.73. The van der Waals surface area contributed by atoms with Crippen molar-refractivity contribution < 1.29 is 0 Å². The van der Waals surface area contributed by atoms with Crippen molar-refractivity contribution in [3.05, 3.63) is 0 Å². The van der Waals surface area contributed by atoms with Crippen molar-refractivity contribution in [2.45, 2.75) is 276 Å². The molecule has 1 atom stereocenters. The van der Waals surface area contributed by atoms with Crippen molar-refractivity contribution in [2.75, 3.05) is 0 Å². The average molecular weight is 721 g/mol. The summed E-state index contributed by atoms with van der Waals surface area (Å²) in [6.45, 7) is 46.2. The third kappa shape index (κ3) is 55.4. The minimum Gasteiger partial charge on any atom is -0.153 e. The molecule has 0 amide bonds. The van der Waals surface area contributed by atoms with Crippen LogP contribution in [0.3, 0.4) is 0 Å². The molecule has 1 saturated carbocycles. The number of unbranched alkanes of at least 4 members (excludes halogenated alkanes) is 2. The van der Waals surface area contributed by atoms with Gasteiger partial charge in [0, 0.05) is 0 Å². The van der Waals surface area contributed by atoms with Gasteiger partial charge in [-0.1, -0.05) is 251 Å². The van der Waals surface area contributed by atoms with E-state index in [1.807, 2.05) is 0 Å². The van der Waals surface area contributed by atoms with Crippen molar-refractivity contribution in [1.29, 1.82) is 0 Å². The second-order valence-electron chi connectivity index (χ2n) is 19.7. The first-order valence-electron chi connectivity index (χ1n) is 20.4. The highest BCUT2D eigenvalue weighted by Gasteiger charge is 2.29. The smallest absolute Gasteiger partial charge is 0.0300 e. The molecule has 1 fully saturated rings. The van der Waals surface area contributed by atoms with Crippen LogP contribution in [-0.2, 0) is 0 Å². The largest absolute Gasteiger partial charge is 0.153 e. The first-order valence-corrected chi connectivity index (χ1v) is 20.4. The van der Waals surface area contributed by atoms with Crippen LogP contribution in [-0.4, -0.2) is 0 Å². The van der Waals surface area contributed by atoms with Crippen LogP contribution in [0.1, 0.15) is 276 Å². The Bertz CT molecular complexity index is 564. The molecular weight excluding hydrogens is 608 g/mol. The van der Waals surface area contributed by atoms with Gasteiger partial charge >= 0.3 is 0 Å². The molecule has 1 heteroatoms. The summed E-state index contributed by atoms with van der Waals surface area (Å²) in [7, 11) is 0. The maximum absolute atomic E-state index is 2.36. The molecule has 0 spiro atoms. The van der Waals surface area contributed by atoms with Crippen LogP contribution in [0.25, 0.3) is 0 Å². The van der Waals surface area contributed by atoms with E-state index in [4.69, 9.17) is 0 Å². The molecule has 49 heavy (non-hydrogen) atoms. The highest BCUT2D eigenvalue weighted by molar-refractivity contribution is 6.92. The standard InChI is InChI=1S/C12H26.C11H22.C10H22.C8H18.C4H10.3CH4.H3P/c1-7-12(8-2,9-3)10-11(4,5)6;1-11(2,3)9-10-7-5-4-6-8-10;1-6-9(7-2)8-10(3,4)5;1-5-6-7-8(2,3)4;1-3-4-2;;;;/h7-10H2,1-6H3;10H,4-9H2,1-3H3;9H,6-8H2,1-5H3;5-7H2,1-4H3;3-4H2,1-2H3;3*1H4;1H3. The zero-order chi connectivity index (χ0) is 36.4. The fourth-order valence-corrected chi connectivity index (χ4v) is 6.66. The molecule has 0 heterocycles. The Balaban J connectivity index is -0.0000000721. The summed E-state index contributed by atoms with van der Waals surface area (Å²) in [6, 6.07) is 0. The Hall–Kier alpha value is 0.430. The first-order chi connectivity index (χ1) is 20.4. The molecule has 0 bridgehead atoms. The van der Waals surface area contributed by atoms with E-state index in [-0.39, 0.29) is 32.2 Å². The fourth-order valence-electron chi connectivity index (χ4n) is 6.66. The van der Waals surface area contributed by atoms with Crippen molar-refractivity contribution in [2.24, 2.45) is 38.9 Å². The molecule has 0 nitrogen and oxygen atoms in total. The van der Waals surface area contributed by atoms with E-state index in [2.05, 4.69) is 138 Å². The van der Waals surface area contributed by atoms with Crippen molar-refractivity contribution in [1.82, 2.24) is 0 Å². The molecule has 1 aliphatic carbocycles. The van der Waals surface area contributed by atoms with Gasteiger partial charge in [0.1, 0.15) is 0 Å². The zero-order valence-electron chi connectivity index (χ0n) is 37.1. The average Bonchev–Trinajstić information content (AvgIpc) is 2.93. The minimum absolute atomic E-state index is 0. The predicted octanol–water partition coefficient (Wildman–Crippen LogP) is 19.5. The van der Waals surface area contributed by atoms with Gasteiger partial charge in [0.25, 0.3) is 0 Å². The molecular formula is C48H113P. The lowest BCUT2D eigenvalue weighted by Gasteiger charge is -2.36. The quantitative estimate of drug-likeness (QED) is 0.186. The molecule has 1 rings (SSSR count). The van der Waals surface area contributed by atoms with Gasteiger partial charge < -0.3 is 0 Å². The molecule has 1 unspecified atom stereocenters. The van der Waals surface area contributed by atoms with Gasteiger partial charge in [-0.15, -0.1) is 0 Å². The van der Waals surface area contributed by atoms with Gasteiger partial charge in [0.2, 0.25) is 0 Å².